The molecule has 1 aliphatic carbocycles. The second-order valence-electron chi connectivity index (χ2n) is 6.75. The van der Waals surface area contributed by atoms with Gasteiger partial charge in [0.25, 0.3) is 11.5 Å². The molecule has 0 atom stereocenters. The van der Waals surface area contributed by atoms with Crippen LogP contribution in [0.1, 0.15) is 46.9 Å². The van der Waals surface area contributed by atoms with Crippen molar-refractivity contribution in [2.45, 2.75) is 46.7 Å². The fourth-order valence-corrected chi connectivity index (χ4v) is 3.08. The van der Waals surface area contributed by atoms with Gasteiger partial charge in [-0.25, -0.2) is 0 Å². The van der Waals surface area contributed by atoms with Crippen LogP contribution in [0.3, 0.4) is 0 Å². The number of benzene rings is 1. The number of anilines is 1. The molecular weight excluding hydrogens is 316 g/mol. The van der Waals surface area contributed by atoms with Crippen LogP contribution in [0.2, 0.25) is 0 Å². The van der Waals surface area contributed by atoms with E-state index in [0.717, 1.165) is 30.0 Å². The molecule has 0 spiro atoms. The molecule has 1 saturated carbocycles. The summed E-state index contributed by atoms with van der Waals surface area (Å²) in [5.41, 5.74) is 3.94. The van der Waals surface area contributed by atoms with Crippen LogP contribution in [-0.2, 0) is 13.1 Å². The molecule has 3 rings (SSSR count). The first-order valence-electron chi connectivity index (χ1n) is 8.91. The lowest BCUT2D eigenvalue weighted by molar-refractivity contribution is 0.0950. The minimum atomic E-state index is -0.161. The van der Waals surface area contributed by atoms with Crippen LogP contribution in [0.4, 0.5) is 5.69 Å². The minimum absolute atomic E-state index is 0.114. The summed E-state index contributed by atoms with van der Waals surface area (Å²) < 4.78 is 1.92. The Kier molecular flexibility index (Phi) is 4.97. The zero-order valence-electron chi connectivity index (χ0n) is 15.1. The number of aromatic amines is 1. The van der Waals surface area contributed by atoms with Crippen molar-refractivity contribution in [3.63, 3.8) is 0 Å². The Morgan fingerprint density at radius 2 is 2.08 bits per heavy atom. The van der Waals surface area contributed by atoms with Gasteiger partial charge >= 0.3 is 0 Å². The Labute approximate surface area is 147 Å². The summed E-state index contributed by atoms with van der Waals surface area (Å²) in [6.45, 7) is 7.78. The van der Waals surface area contributed by atoms with Crippen LogP contribution < -0.4 is 16.2 Å². The number of carbonyl (C=O) groups is 1. The highest BCUT2D eigenvalue weighted by Crippen LogP contribution is 2.30. The van der Waals surface area contributed by atoms with Gasteiger partial charge in [0.05, 0.1) is 12.1 Å². The molecule has 25 heavy (non-hydrogen) atoms. The van der Waals surface area contributed by atoms with Crippen LogP contribution in [0.25, 0.3) is 0 Å². The van der Waals surface area contributed by atoms with E-state index in [1.54, 1.807) is 6.07 Å². The van der Waals surface area contributed by atoms with E-state index >= 15 is 0 Å². The summed E-state index contributed by atoms with van der Waals surface area (Å²) >= 11 is 0. The molecule has 134 valence electrons. The maximum atomic E-state index is 12.6. The molecule has 0 radical (unpaired) electrons. The Balaban J connectivity index is 1.71. The van der Waals surface area contributed by atoms with E-state index in [0.29, 0.717) is 17.0 Å². The first-order chi connectivity index (χ1) is 12.0. The molecule has 1 aromatic carbocycles. The maximum Gasteiger partial charge on any atom is 0.269 e. The third-order valence-electron chi connectivity index (χ3n) is 4.86. The average molecular weight is 342 g/mol. The zero-order valence-corrected chi connectivity index (χ0v) is 15.1. The van der Waals surface area contributed by atoms with Crippen molar-refractivity contribution in [1.29, 1.82) is 0 Å². The van der Waals surface area contributed by atoms with E-state index in [2.05, 4.69) is 15.7 Å². The second kappa shape index (κ2) is 7.17. The summed E-state index contributed by atoms with van der Waals surface area (Å²) in [4.78, 5) is 24.7. The molecule has 0 bridgehead atoms. The van der Waals surface area contributed by atoms with Crippen LogP contribution in [0.5, 0.6) is 0 Å². The number of H-pyrrole nitrogens is 1. The standard InChI is InChI=1S/C19H26N4O2/c1-4-20-17-7-5-6-15(12(17)2)18(24)21-10-16-13(3)23(22-19(16)25)11-14-8-9-14/h5-7,14,20H,4,8-11H2,1-3H3,(H,21,24)(H,22,25). The molecule has 1 aromatic heterocycles. The SMILES string of the molecule is CCNc1cccc(C(=O)NCc2c(C)n(CC3CC3)[nH]c2=O)c1C. The van der Waals surface area contributed by atoms with Crippen molar-refractivity contribution in [3.05, 3.63) is 50.9 Å². The van der Waals surface area contributed by atoms with Crippen molar-refractivity contribution in [2.75, 3.05) is 11.9 Å². The summed E-state index contributed by atoms with van der Waals surface area (Å²) in [7, 11) is 0. The number of hydrogen-bond donors (Lipinski definition) is 3. The van der Waals surface area contributed by atoms with Gasteiger partial charge in [0.2, 0.25) is 0 Å². The van der Waals surface area contributed by atoms with Crippen molar-refractivity contribution < 1.29 is 4.79 Å². The molecule has 1 aliphatic rings. The lowest BCUT2D eigenvalue weighted by atomic mass is 10.1. The van der Waals surface area contributed by atoms with E-state index in [1.165, 1.54) is 12.8 Å². The third kappa shape index (κ3) is 3.78. The van der Waals surface area contributed by atoms with Crippen molar-refractivity contribution in [2.24, 2.45) is 5.92 Å². The van der Waals surface area contributed by atoms with Crippen LogP contribution >= 0.6 is 0 Å². The van der Waals surface area contributed by atoms with Crippen molar-refractivity contribution in [3.8, 4) is 0 Å². The Morgan fingerprint density at radius 1 is 1.32 bits per heavy atom. The van der Waals surface area contributed by atoms with E-state index in [4.69, 9.17) is 0 Å². The average Bonchev–Trinajstić information content (AvgIpc) is 3.35. The first-order valence-corrected chi connectivity index (χ1v) is 8.91. The summed E-state index contributed by atoms with van der Waals surface area (Å²) in [6, 6.07) is 5.63. The van der Waals surface area contributed by atoms with Gasteiger partial charge in [-0.2, -0.15) is 0 Å². The van der Waals surface area contributed by atoms with Gasteiger partial charge in [-0.3, -0.25) is 19.4 Å². The normalized spacial score (nSPS) is 13.7. The van der Waals surface area contributed by atoms with Crippen LogP contribution in [0, 0.1) is 19.8 Å². The topological polar surface area (TPSA) is 78.9 Å². The number of hydrogen-bond acceptors (Lipinski definition) is 3. The fraction of sp³-hybridized carbons (Fsp3) is 0.474. The fourth-order valence-electron chi connectivity index (χ4n) is 3.08. The number of rotatable bonds is 7. The summed E-state index contributed by atoms with van der Waals surface area (Å²) in [5.74, 6) is 0.520. The first kappa shape index (κ1) is 17.3. The Bertz CT molecular complexity index is 830. The minimum Gasteiger partial charge on any atom is -0.385 e. The van der Waals surface area contributed by atoms with Gasteiger partial charge < -0.3 is 10.6 Å². The number of nitrogens with one attached hydrogen (secondary N) is 3. The Morgan fingerprint density at radius 3 is 2.76 bits per heavy atom. The molecule has 3 N–H and O–H groups in total. The summed E-state index contributed by atoms with van der Waals surface area (Å²) in [6.07, 6.45) is 2.46. The van der Waals surface area contributed by atoms with E-state index in [1.807, 2.05) is 37.6 Å². The van der Waals surface area contributed by atoms with Gasteiger partial charge in [0, 0.05) is 30.0 Å². The molecule has 1 heterocycles. The lowest BCUT2D eigenvalue weighted by Gasteiger charge is -2.12. The third-order valence-corrected chi connectivity index (χ3v) is 4.86. The molecule has 1 fully saturated rings. The monoisotopic (exact) mass is 342 g/mol. The molecule has 0 saturated heterocycles. The molecular formula is C19H26N4O2. The van der Waals surface area contributed by atoms with E-state index < -0.39 is 0 Å². The number of carbonyl (C=O) groups excluding carboxylic acids is 1. The highest BCUT2D eigenvalue weighted by Gasteiger charge is 2.24. The molecule has 6 heteroatoms. The maximum absolute atomic E-state index is 12.6. The smallest absolute Gasteiger partial charge is 0.269 e. The van der Waals surface area contributed by atoms with Crippen LogP contribution in [0.15, 0.2) is 23.0 Å². The largest absolute Gasteiger partial charge is 0.385 e. The Hall–Kier alpha value is -2.50. The number of aromatic nitrogens is 2. The van der Waals surface area contributed by atoms with E-state index in [-0.39, 0.29) is 18.0 Å². The summed E-state index contributed by atoms with van der Waals surface area (Å²) in [5, 5.41) is 9.03. The highest BCUT2D eigenvalue weighted by atomic mass is 16.2. The van der Waals surface area contributed by atoms with Crippen LogP contribution in [-0.4, -0.2) is 22.2 Å². The van der Waals surface area contributed by atoms with Gasteiger partial charge in [0.15, 0.2) is 0 Å². The quantitative estimate of drug-likeness (QED) is 0.723. The van der Waals surface area contributed by atoms with Gasteiger partial charge in [-0.05, 0) is 57.2 Å². The molecule has 2 aromatic rings. The van der Waals surface area contributed by atoms with Gasteiger partial charge in [0.1, 0.15) is 0 Å². The highest BCUT2D eigenvalue weighted by molar-refractivity contribution is 5.97. The predicted octanol–water partition coefficient (Wildman–Crippen LogP) is 2.57. The van der Waals surface area contributed by atoms with Crippen molar-refractivity contribution in [1.82, 2.24) is 15.1 Å². The zero-order chi connectivity index (χ0) is 18.0. The number of amides is 1. The molecule has 1 amide bonds. The predicted molar refractivity (Wildman–Crippen MR) is 99.0 cm³/mol. The van der Waals surface area contributed by atoms with E-state index in [9.17, 15) is 9.59 Å². The van der Waals surface area contributed by atoms with Gasteiger partial charge in [-0.15, -0.1) is 0 Å². The van der Waals surface area contributed by atoms with Crippen molar-refractivity contribution >= 4 is 11.6 Å². The number of nitrogens with zero attached hydrogens (tertiary/aromatic N) is 1. The molecule has 0 aliphatic heterocycles. The van der Waals surface area contributed by atoms with Gasteiger partial charge in [-0.1, -0.05) is 6.07 Å². The molecule has 6 nitrogen and oxygen atoms in total. The second-order valence-corrected chi connectivity index (χ2v) is 6.75. The lowest BCUT2D eigenvalue weighted by Crippen LogP contribution is -2.26. The molecule has 0 unspecified atom stereocenters.